The Bertz CT molecular complexity index is 599. The molecule has 0 amide bonds. The molecule has 0 saturated carbocycles. The third kappa shape index (κ3) is 4.93. The number of guanidine groups is 1. The fourth-order valence-electron chi connectivity index (χ4n) is 2.63. The van der Waals surface area contributed by atoms with Crippen molar-refractivity contribution in [3.63, 3.8) is 0 Å². The van der Waals surface area contributed by atoms with E-state index < -0.39 is 5.60 Å². The molecule has 0 bridgehead atoms. The molecule has 1 unspecified atom stereocenters. The summed E-state index contributed by atoms with van der Waals surface area (Å²) in [4.78, 5) is 24.4. The highest BCUT2D eigenvalue weighted by Crippen LogP contribution is 2.21. The largest absolute Gasteiger partial charge is 0.460 e. The minimum Gasteiger partial charge on any atom is -0.460 e. The van der Waals surface area contributed by atoms with Crippen molar-refractivity contribution in [2.75, 3.05) is 20.1 Å². The standard InChI is InChI=1S/C17H28N4O2S/c1-11-12(2)24-14(20-11)9-19-16(18-6)21-8-7-13(10-21)15(22)23-17(3,4)5/h13H,7-10H2,1-6H3,(H,18,19). The van der Waals surface area contributed by atoms with E-state index in [-0.39, 0.29) is 11.9 Å². The molecular weight excluding hydrogens is 324 g/mol. The average molecular weight is 353 g/mol. The van der Waals surface area contributed by atoms with Crippen molar-refractivity contribution in [3.05, 3.63) is 15.6 Å². The van der Waals surface area contributed by atoms with Crippen molar-refractivity contribution in [1.29, 1.82) is 0 Å². The van der Waals surface area contributed by atoms with Crippen LogP contribution in [0.25, 0.3) is 0 Å². The van der Waals surface area contributed by atoms with Gasteiger partial charge in [-0.25, -0.2) is 4.98 Å². The molecule has 2 heterocycles. The number of likely N-dealkylation sites (tertiary alicyclic amines) is 1. The number of hydrogen-bond acceptors (Lipinski definition) is 5. The Balaban J connectivity index is 1.89. The Hall–Kier alpha value is -1.63. The average Bonchev–Trinajstić information content (AvgIpc) is 3.06. The van der Waals surface area contributed by atoms with Gasteiger partial charge in [0, 0.05) is 25.0 Å². The molecule has 0 aliphatic carbocycles. The van der Waals surface area contributed by atoms with Gasteiger partial charge in [0.2, 0.25) is 0 Å². The molecule has 24 heavy (non-hydrogen) atoms. The van der Waals surface area contributed by atoms with E-state index in [1.807, 2.05) is 27.7 Å². The van der Waals surface area contributed by atoms with Crippen LogP contribution in [-0.2, 0) is 16.1 Å². The van der Waals surface area contributed by atoms with Crippen molar-refractivity contribution in [3.8, 4) is 0 Å². The van der Waals surface area contributed by atoms with Crippen molar-refractivity contribution in [2.24, 2.45) is 10.9 Å². The Morgan fingerprint density at radius 2 is 2.17 bits per heavy atom. The molecule has 0 radical (unpaired) electrons. The summed E-state index contributed by atoms with van der Waals surface area (Å²) in [5.74, 6) is 0.602. The third-order valence-electron chi connectivity index (χ3n) is 3.91. The maximum absolute atomic E-state index is 12.2. The number of nitrogens with zero attached hydrogens (tertiary/aromatic N) is 3. The van der Waals surface area contributed by atoms with E-state index in [0.717, 1.165) is 29.6 Å². The first-order valence-electron chi connectivity index (χ1n) is 8.31. The van der Waals surface area contributed by atoms with Gasteiger partial charge in [0.15, 0.2) is 5.96 Å². The molecule has 1 aliphatic rings. The van der Waals surface area contributed by atoms with E-state index in [4.69, 9.17) is 4.74 Å². The van der Waals surface area contributed by atoms with Gasteiger partial charge in [0.1, 0.15) is 10.6 Å². The zero-order chi connectivity index (χ0) is 17.9. The van der Waals surface area contributed by atoms with Crippen molar-refractivity contribution in [2.45, 2.75) is 53.2 Å². The second kappa shape index (κ2) is 7.51. The minimum atomic E-state index is -0.439. The number of ether oxygens (including phenoxy) is 1. The number of aromatic nitrogens is 1. The Labute approximate surface area is 148 Å². The van der Waals surface area contributed by atoms with Crippen molar-refractivity contribution >= 4 is 23.3 Å². The number of hydrogen-bond donors (Lipinski definition) is 1. The summed E-state index contributed by atoms with van der Waals surface area (Å²) in [7, 11) is 1.77. The molecule has 6 nitrogen and oxygen atoms in total. The molecular formula is C17H28N4O2S. The third-order valence-corrected chi connectivity index (χ3v) is 4.98. The SMILES string of the molecule is CN=C(NCc1nc(C)c(C)s1)N1CCC(C(=O)OC(C)(C)C)C1. The van der Waals surface area contributed by atoms with Crippen LogP contribution >= 0.6 is 11.3 Å². The molecule has 2 rings (SSSR count). The Morgan fingerprint density at radius 1 is 1.46 bits per heavy atom. The van der Waals surface area contributed by atoms with Gasteiger partial charge in [-0.15, -0.1) is 11.3 Å². The summed E-state index contributed by atoms with van der Waals surface area (Å²) in [6, 6.07) is 0. The lowest BCUT2D eigenvalue weighted by Gasteiger charge is -2.23. The van der Waals surface area contributed by atoms with Crippen LogP contribution in [0.15, 0.2) is 4.99 Å². The minimum absolute atomic E-state index is 0.0906. The lowest BCUT2D eigenvalue weighted by molar-refractivity contribution is -0.159. The molecule has 1 aromatic heterocycles. The molecule has 134 valence electrons. The predicted octanol–water partition coefficient (Wildman–Crippen LogP) is 2.50. The van der Waals surface area contributed by atoms with Gasteiger partial charge in [0.25, 0.3) is 0 Å². The Morgan fingerprint density at radius 3 is 2.71 bits per heavy atom. The number of esters is 1. The van der Waals surface area contributed by atoms with E-state index in [0.29, 0.717) is 13.1 Å². The first-order valence-corrected chi connectivity index (χ1v) is 9.12. The maximum atomic E-state index is 12.2. The van der Waals surface area contributed by atoms with Gasteiger partial charge in [-0.2, -0.15) is 0 Å². The van der Waals surface area contributed by atoms with Gasteiger partial charge in [-0.3, -0.25) is 9.79 Å². The molecule has 1 atom stereocenters. The lowest BCUT2D eigenvalue weighted by Crippen LogP contribution is -2.40. The number of aryl methyl sites for hydroxylation is 2. The van der Waals surface area contributed by atoms with Gasteiger partial charge in [0.05, 0.1) is 18.2 Å². The summed E-state index contributed by atoms with van der Waals surface area (Å²) in [6.07, 6.45) is 0.797. The maximum Gasteiger partial charge on any atom is 0.311 e. The van der Waals surface area contributed by atoms with Crippen LogP contribution in [-0.4, -0.2) is 47.6 Å². The lowest BCUT2D eigenvalue weighted by atomic mass is 10.1. The number of rotatable bonds is 3. The number of nitrogens with one attached hydrogen (secondary N) is 1. The fourth-order valence-corrected chi connectivity index (χ4v) is 3.51. The van der Waals surface area contributed by atoms with Crippen molar-refractivity contribution in [1.82, 2.24) is 15.2 Å². The van der Waals surface area contributed by atoms with E-state index in [2.05, 4.69) is 27.1 Å². The number of carbonyl (C=O) groups is 1. The molecule has 1 N–H and O–H groups in total. The topological polar surface area (TPSA) is 66.8 Å². The van der Waals surface area contributed by atoms with Gasteiger partial charge in [-0.05, 0) is 41.0 Å². The molecule has 0 aromatic carbocycles. The quantitative estimate of drug-likeness (QED) is 0.514. The summed E-state index contributed by atoms with van der Waals surface area (Å²) in [5, 5.41) is 4.40. The van der Waals surface area contributed by atoms with E-state index in [1.165, 1.54) is 4.88 Å². The van der Waals surface area contributed by atoms with E-state index in [1.54, 1.807) is 18.4 Å². The summed E-state index contributed by atoms with van der Waals surface area (Å²) >= 11 is 1.70. The monoisotopic (exact) mass is 352 g/mol. The van der Waals surface area contributed by atoms with Crippen LogP contribution in [0.1, 0.15) is 42.8 Å². The molecule has 1 saturated heterocycles. The number of aliphatic imine (C=N–C) groups is 1. The zero-order valence-corrected chi connectivity index (χ0v) is 16.3. The van der Waals surface area contributed by atoms with Gasteiger partial charge >= 0.3 is 5.97 Å². The summed E-state index contributed by atoms with van der Waals surface area (Å²) in [5.41, 5.74) is 0.642. The first kappa shape index (κ1) is 18.7. The zero-order valence-electron chi connectivity index (χ0n) is 15.5. The Kier molecular flexibility index (Phi) is 5.85. The van der Waals surface area contributed by atoms with Crippen LogP contribution in [0, 0.1) is 19.8 Å². The van der Waals surface area contributed by atoms with Gasteiger partial charge in [-0.1, -0.05) is 0 Å². The smallest absolute Gasteiger partial charge is 0.311 e. The molecule has 1 aromatic rings. The second-order valence-electron chi connectivity index (χ2n) is 7.12. The van der Waals surface area contributed by atoms with Crippen LogP contribution in [0.3, 0.4) is 0 Å². The molecule has 7 heteroatoms. The van der Waals surface area contributed by atoms with Gasteiger partial charge < -0.3 is 15.0 Å². The molecule has 1 aliphatic heterocycles. The summed E-state index contributed by atoms with van der Waals surface area (Å²) < 4.78 is 5.49. The number of thiazole rings is 1. The number of carbonyl (C=O) groups excluding carboxylic acids is 1. The van der Waals surface area contributed by atoms with Crippen LogP contribution < -0.4 is 5.32 Å². The molecule has 1 fully saturated rings. The van der Waals surface area contributed by atoms with Crippen LogP contribution in [0.4, 0.5) is 0 Å². The predicted molar refractivity (Wildman–Crippen MR) is 97.3 cm³/mol. The highest BCUT2D eigenvalue weighted by Gasteiger charge is 2.33. The highest BCUT2D eigenvalue weighted by atomic mass is 32.1. The van der Waals surface area contributed by atoms with Crippen LogP contribution in [0.5, 0.6) is 0 Å². The van der Waals surface area contributed by atoms with E-state index in [9.17, 15) is 4.79 Å². The molecule has 0 spiro atoms. The highest BCUT2D eigenvalue weighted by molar-refractivity contribution is 7.11. The second-order valence-corrected chi connectivity index (χ2v) is 8.40. The van der Waals surface area contributed by atoms with Crippen molar-refractivity contribution < 1.29 is 9.53 Å². The fraction of sp³-hybridized carbons (Fsp3) is 0.706. The van der Waals surface area contributed by atoms with Crippen LogP contribution in [0.2, 0.25) is 0 Å². The normalized spacial score (nSPS) is 18.8. The summed E-state index contributed by atoms with van der Waals surface area (Å²) in [6.45, 7) is 11.9. The van der Waals surface area contributed by atoms with E-state index >= 15 is 0 Å². The first-order chi connectivity index (χ1) is 11.2.